The molecule has 2 unspecified atom stereocenters. The quantitative estimate of drug-likeness (QED) is 0.442. The molecule has 0 aliphatic heterocycles. The molecule has 0 saturated carbocycles. The minimum Gasteiger partial charge on any atom is -0.481 e. The largest absolute Gasteiger partial charge is 0.481 e. The van der Waals surface area contributed by atoms with Crippen molar-refractivity contribution in [2.75, 3.05) is 0 Å². The van der Waals surface area contributed by atoms with Crippen LogP contribution in [0.4, 0.5) is 0 Å². The second kappa shape index (κ2) is 17.9. The van der Waals surface area contributed by atoms with Gasteiger partial charge < -0.3 is 10.2 Å². The third kappa shape index (κ3) is 16.1. The molecule has 4 nitrogen and oxygen atoms in total. The first-order valence-corrected chi connectivity index (χ1v) is 7.89. The normalized spacial score (nSPS) is 12.4. The van der Waals surface area contributed by atoms with Gasteiger partial charge in [-0.05, 0) is 25.7 Å². The zero-order valence-electron chi connectivity index (χ0n) is 14.2. The van der Waals surface area contributed by atoms with Crippen LogP contribution < -0.4 is 0 Å². The summed E-state index contributed by atoms with van der Waals surface area (Å²) in [7, 11) is 0. The van der Waals surface area contributed by atoms with Crippen LogP contribution in [0, 0.1) is 11.8 Å². The molecule has 21 heavy (non-hydrogen) atoms. The van der Waals surface area contributed by atoms with Gasteiger partial charge >= 0.3 is 11.9 Å². The van der Waals surface area contributed by atoms with Crippen molar-refractivity contribution in [2.45, 2.75) is 79.1 Å². The van der Waals surface area contributed by atoms with Crippen LogP contribution in [0.25, 0.3) is 0 Å². The summed E-state index contributed by atoms with van der Waals surface area (Å²) in [5, 5.41) is 17.2. The molecule has 0 saturated heterocycles. The van der Waals surface area contributed by atoms with Crippen molar-refractivity contribution in [1.29, 1.82) is 0 Å². The van der Waals surface area contributed by atoms with E-state index >= 15 is 0 Å². The van der Waals surface area contributed by atoms with Crippen molar-refractivity contribution < 1.29 is 47.5 Å². The molecule has 0 aliphatic carbocycles. The Morgan fingerprint density at radius 1 is 0.762 bits per heavy atom. The van der Waals surface area contributed by atoms with E-state index in [9.17, 15) is 9.59 Å². The van der Waals surface area contributed by atoms with Crippen LogP contribution in [0.3, 0.4) is 0 Å². The molecule has 0 amide bonds. The van der Waals surface area contributed by atoms with Gasteiger partial charge in [-0.25, -0.2) is 0 Å². The van der Waals surface area contributed by atoms with Crippen molar-refractivity contribution in [3.8, 4) is 0 Å². The van der Waals surface area contributed by atoms with Gasteiger partial charge in [0.15, 0.2) is 0 Å². The summed E-state index contributed by atoms with van der Waals surface area (Å²) in [6.45, 7) is 8.01. The Labute approximate surface area is 150 Å². The predicted molar refractivity (Wildman–Crippen MR) is 81.9 cm³/mol. The molecule has 0 spiro atoms. The minimum atomic E-state index is -0.643. The molecule has 2 atom stereocenters. The van der Waals surface area contributed by atoms with Crippen LogP contribution in [0.5, 0.6) is 0 Å². The van der Waals surface area contributed by atoms with E-state index in [1.165, 1.54) is 0 Å². The molecule has 0 aromatic rings. The van der Waals surface area contributed by atoms with Crippen LogP contribution in [-0.4, -0.2) is 22.2 Å². The molecule has 0 aliphatic rings. The number of hydrogen-bond acceptors (Lipinski definition) is 2. The molecule has 0 aromatic carbocycles. The summed E-state index contributed by atoms with van der Waals surface area (Å²) in [5.74, 6) is -1.51. The van der Waals surface area contributed by atoms with E-state index in [0.29, 0.717) is 0 Å². The van der Waals surface area contributed by atoms with E-state index in [1.54, 1.807) is 0 Å². The average molecular weight is 489 g/mol. The number of carboxylic acid groups (broad SMARTS) is 2. The fourth-order valence-corrected chi connectivity index (χ4v) is 1.91. The zero-order chi connectivity index (χ0) is 16.0. The topological polar surface area (TPSA) is 74.6 Å². The maximum absolute atomic E-state index is 10.4. The molecule has 0 heterocycles. The van der Waals surface area contributed by atoms with Crippen LogP contribution in [0.15, 0.2) is 0 Å². The van der Waals surface area contributed by atoms with Crippen molar-refractivity contribution >= 4 is 11.9 Å². The van der Waals surface area contributed by atoms with Crippen LogP contribution in [0.2, 0.25) is 0 Å². The summed E-state index contributed by atoms with van der Waals surface area (Å²) in [4.78, 5) is 20.9. The Kier molecular flexibility index (Phi) is 22.0. The third-order valence-corrected chi connectivity index (χ3v) is 3.50. The molecule has 0 aromatic heterocycles. The first kappa shape index (κ1) is 25.8. The van der Waals surface area contributed by atoms with Crippen LogP contribution >= 0.6 is 0 Å². The van der Waals surface area contributed by atoms with Gasteiger partial charge in [-0.15, -0.1) is 0 Å². The molecular formula is C16H32HgO4. The molecule has 0 rings (SSSR count). The van der Waals surface area contributed by atoms with Gasteiger partial charge in [-0.2, -0.15) is 0 Å². The molecule has 0 bridgehead atoms. The monoisotopic (exact) mass is 490 g/mol. The van der Waals surface area contributed by atoms with Gasteiger partial charge in [0, 0.05) is 27.7 Å². The molecule has 0 radical (unpaired) electrons. The van der Waals surface area contributed by atoms with Gasteiger partial charge in [0.05, 0.1) is 11.8 Å². The number of aliphatic carboxylic acids is 2. The van der Waals surface area contributed by atoms with Gasteiger partial charge in [0.2, 0.25) is 0 Å². The maximum atomic E-state index is 10.4. The smallest absolute Gasteiger partial charge is 0.306 e. The summed E-state index contributed by atoms with van der Waals surface area (Å²) in [5.41, 5.74) is 0. The van der Waals surface area contributed by atoms with Crippen LogP contribution in [0.1, 0.15) is 79.1 Å². The SMILES string of the molecule is CCCCC(CC)C(=O)O.CCCCC(CC)C(=O)O.[Hg]. The number of carboxylic acids is 2. The van der Waals surface area contributed by atoms with E-state index in [2.05, 4.69) is 13.8 Å². The molecule has 122 valence electrons. The van der Waals surface area contributed by atoms with E-state index in [0.717, 1.165) is 51.4 Å². The summed E-state index contributed by atoms with van der Waals surface area (Å²) in [6.07, 6.45) is 7.43. The third-order valence-electron chi connectivity index (χ3n) is 3.50. The Morgan fingerprint density at radius 2 is 1.05 bits per heavy atom. The van der Waals surface area contributed by atoms with E-state index < -0.39 is 11.9 Å². The van der Waals surface area contributed by atoms with E-state index in [1.807, 2.05) is 13.8 Å². The van der Waals surface area contributed by atoms with Crippen molar-refractivity contribution in [1.82, 2.24) is 0 Å². The molecule has 5 heteroatoms. The Balaban J connectivity index is -0.000000295. The maximum Gasteiger partial charge on any atom is 0.306 e. The standard InChI is InChI=1S/2C8H16O2.Hg/c2*1-3-5-6-7(4-2)8(9)10;/h2*7H,3-6H2,1-2H3,(H,9,10);. The number of hydrogen-bond donors (Lipinski definition) is 2. The Bertz CT molecular complexity index is 231. The second-order valence-corrected chi connectivity index (χ2v) is 5.17. The molecule has 2 N–H and O–H groups in total. The van der Waals surface area contributed by atoms with E-state index in [-0.39, 0.29) is 39.5 Å². The van der Waals surface area contributed by atoms with Gasteiger partial charge in [-0.1, -0.05) is 53.4 Å². The second-order valence-electron chi connectivity index (χ2n) is 5.17. The molecule has 0 fully saturated rings. The summed E-state index contributed by atoms with van der Waals surface area (Å²) < 4.78 is 0. The first-order valence-electron chi connectivity index (χ1n) is 7.89. The predicted octanol–water partition coefficient (Wildman–Crippen LogP) is 4.57. The van der Waals surface area contributed by atoms with Gasteiger partial charge in [-0.3, -0.25) is 9.59 Å². The van der Waals surface area contributed by atoms with Gasteiger partial charge in [0.25, 0.3) is 0 Å². The van der Waals surface area contributed by atoms with Crippen molar-refractivity contribution in [2.24, 2.45) is 11.8 Å². The Hall–Kier alpha value is -0.125. The fourth-order valence-electron chi connectivity index (χ4n) is 1.91. The summed E-state index contributed by atoms with van der Waals surface area (Å²) >= 11 is 0. The number of carbonyl (C=O) groups is 2. The minimum absolute atomic E-state index is 0. The van der Waals surface area contributed by atoms with Crippen molar-refractivity contribution in [3.05, 3.63) is 0 Å². The van der Waals surface area contributed by atoms with Crippen molar-refractivity contribution in [3.63, 3.8) is 0 Å². The van der Waals surface area contributed by atoms with Crippen LogP contribution in [-0.2, 0) is 37.3 Å². The Morgan fingerprint density at radius 3 is 1.19 bits per heavy atom. The number of unbranched alkanes of at least 4 members (excludes halogenated alkanes) is 2. The average Bonchev–Trinajstić information content (AvgIpc) is 2.40. The zero-order valence-corrected chi connectivity index (χ0v) is 19.7. The first-order chi connectivity index (χ1) is 9.44. The number of rotatable bonds is 10. The molecular weight excluding hydrogens is 457 g/mol. The fraction of sp³-hybridized carbons (Fsp3) is 0.875. The van der Waals surface area contributed by atoms with Gasteiger partial charge in [0.1, 0.15) is 0 Å². The summed E-state index contributed by atoms with van der Waals surface area (Å²) in [6, 6.07) is 0. The van der Waals surface area contributed by atoms with E-state index in [4.69, 9.17) is 10.2 Å².